The van der Waals surface area contributed by atoms with E-state index in [-0.39, 0.29) is 11.6 Å². The molecule has 118 valence electrons. The molecular weight excluding hydrogens is 330 g/mol. The van der Waals surface area contributed by atoms with Crippen LogP contribution in [0.5, 0.6) is 5.75 Å². The van der Waals surface area contributed by atoms with Crippen LogP contribution in [0, 0.1) is 5.92 Å². The normalized spacial score (nSPS) is 23.1. The highest BCUT2D eigenvalue weighted by Crippen LogP contribution is 2.39. The maximum Gasteiger partial charge on any atom is 0.124 e. The number of rotatable bonds is 4. The van der Waals surface area contributed by atoms with E-state index in [0.29, 0.717) is 5.92 Å². The summed E-state index contributed by atoms with van der Waals surface area (Å²) in [5.74, 6) is 1.38. The van der Waals surface area contributed by atoms with Crippen LogP contribution in [0.15, 0.2) is 22.7 Å². The number of hydrogen-bond acceptors (Lipinski definition) is 3. The molecule has 2 rings (SSSR count). The summed E-state index contributed by atoms with van der Waals surface area (Å²) >= 11 is 3.56. The van der Waals surface area contributed by atoms with Crippen LogP contribution in [0.4, 0.5) is 0 Å². The van der Waals surface area contributed by atoms with Crippen molar-refractivity contribution in [2.24, 2.45) is 5.92 Å². The van der Waals surface area contributed by atoms with Crippen LogP contribution in [0.25, 0.3) is 0 Å². The van der Waals surface area contributed by atoms with Gasteiger partial charge in [0.25, 0.3) is 0 Å². The Labute approximate surface area is 136 Å². The standard InChI is InChI=1S/C17H26BrNO2/c1-17(2,3)19-11-12-6-5-9-21-16(12)14-10-13(18)7-8-15(14)20-4/h7-8,10,12,16,19H,5-6,9,11H2,1-4H3. The summed E-state index contributed by atoms with van der Waals surface area (Å²) < 4.78 is 12.7. The first-order chi connectivity index (χ1) is 9.90. The Morgan fingerprint density at radius 3 is 2.81 bits per heavy atom. The second kappa shape index (κ2) is 7.12. The summed E-state index contributed by atoms with van der Waals surface area (Å²) in [6, 6.07) is 6.14. The van der Waals surface area contributed by atoms with Crippen molar-refractivity contribution in [1.29, 1.82) is 0 Å². The molecule has 1 aliphatic heterocycles. The summed E-state index contributed by atoms with van der Waals surface area (Å²) in [6.07, 6.45) is 2.41. The van der Waals surface area contributed by atoms with E-state index in [1.165, 1.54) is 6.42 Å². The highest BCUT2D eigenvalue weighted by Gasteiger charge is 2.30. The summed E-state index contributed by atoms with van der Waals surface area (Å²) in [4.78, 5) is 0. The molecule has 1 fully saturated rings. The molecule has 0 aromatic heterocycles. The minimum Gasteiger partial charge on any atom is -0.496 e. The zero-order valence-electron chi connectivity index (χ0n) is 13.4. The highest BCUT2D eigenvalue weighted by atomic mass is 79.9. The predicted octanol–water partition coefficient (Wildman–Crippen LogP) is 4.31. The molecule has 0 spiro atoms. The number of ether oxygens (including phenoxy) is 2. The Bertz CT molecular complexity index is 470. The molecule has 0 aliphatic carbocycles. The quantitative estimate of drug-likeness (QED) is 0.872. The van der Waals surface area contributed by atoms with E-state index < -0.39 is 0 Å². The fraction of sp³-hybridized carbons (Fsp3) is 0.647. The van der Waals surface area contributed by atoms with Crippen LogP contribution >= 0.6 is 15.9 Å². The summed E-state index contributed by atoms with van der Waals surface area (Å²) in [5, 5.41) is 3.61. The molecular formula is C17H26BrNO2. The maximum atomic E-state index is 6.10. The zero-order chi connectivity index (χ0) is 15.5. The van der Waals surface area contributed by atoms with Crippen LogP contribution in [-0.4, -0.2) is 25.8 Å². The lowest BCUT2D eigenvalue weighted by Crippen LogP contribution is -2.41. The van der Waals surface area contributed by atoms with Crippen molar-refractivity contribution in [3.63, 3.8) is 0 Å². The third kappa shape index (κ3) is 4.70. The van der Waals surface area contributed by atoms with Gasteiger partial charge in [-0.1, -0.05) is 15.9 Å². The van der Waals surface area contributed by atoms with Crippen molar-refractivity contribution in [2.45, 2.75) is 45.3 Å². The van der Waals surface area contributed by atoms with Crippen molar-refractivity contribution in [3.8, 4) is 5.75 Å². The smallest absolute Gasteiger partial charge is 0.124 e. The van der Waals surface area contributed by atoms with Crippen LogP contribution in [0.3, 0.4) is 0 Å². The summed E-state index contributed by atoms with van der Waals surface area (Å²) in [7, 11) is 1.72. The van der Waals surface area contributed by atoms with Crippen molar-refractivity contribution in [3.05, 3.63) is 28.2 Å². The van der Waals surface area contributed by atoms with Gasteiger partial charge in [0.2, 0.25) is 0 Å². The van der Waals surface area contributed by atoms with Gasteiger partial charge in [-0.25, -0.2) is 0 Å². The van der Waals surface area contributed by atoms with Gasteiger partial charge < -0.3 is 14.8 Å². The first kappa shape index (κ1) is 16.8. The van der Waals surface area contributed by atoms with Crippen LogP contribution < -0.4 is 10.1 Å². The molecule has 2 unspecified atom stereocenters. The first-order valence-corrected chi connectivity index (χ1v) is 8.40. The van der Waals surface area contributed by atoms with Crippen molar-refractivity contribution < 1.29 is 9.47 Å². The third-order valence-electron chi connectivity index (χ3n) is 3.84. The molecule has 1 aromatic rings. The monoisotopic (exact) mass is 355 g/mol. The van der Waals surface area contributed by atoms with Gasteiger partial charge in [-0.3, -0.25) is 0 Å². The Morgan fingerprint density at radius 2 is 2.14 bits per heavy atom. The zero-order valence-corrected chi connectivity index (χ0v) is 15.0. The number of hydrogen-bond donors (Lipinski definition) is 1. The van der Waals surface area contributed by atoms with Crippen LogP contribution in [0.1, 0.15) is 45.3 Å². The van der Waals surface area contributed by atoms with Gasteiger partial charge in [-0.2, -0.15) is 0 Å². The van der Waals surface area contributed by atoms with Crippen LogP contribution in [0.2, 0.25) is 0 Å². The topological polar surface area (TPSA) is 30.5 Å². The van der Waals surface area contributed by atoms with Gasteiger partial charge in [0, 0.05) is 34.6 Å². The maximum absolute atomic E-state index is 6.10. The Morgan fingerprint density at radius 1 is 1.38 bits per heavy atom. The molecule has 0 bridgehead atoms. The predicted molar refractivity (Wildman–Crippen MR) is 89.9 cm³/mol. The lowest BCUT2D eigenvalue weighted by Gasteiger charge is -2.35. The molecule has 1 heterocycles. The van der Waals surface area contributed by atoms with Gasteiger partial charge in [0.1, 0.15) is 5.75 Å². The summed E-state index contributed by atoms with van der Waals surface area (Å²) in [5.41, 5.74) is 1.27. The highest BCUT2D eigenvalue weighted by molar-refractivity contribution is 9.10. The third-order valence-corrected chi connectivity index (χ3v) is 4.33. The van der Waals surface area contributed by atoms with Gasteiger partial charge >= 0.3 is 0 Å². The number of nitrogens with one attached hydrogen (secondary N) is 1. The Kier molecular flexibility index (Phi) is 5.69. The molecule has 1 saturated heterocycles. The lowest BCUT2D eigenvalue weighted by molar-refractivity contribution is -0.0304. The average Bonchev–Trinajstić information content (AvgIpc) is 2.44. The van der Waals surface area contributed by atoms with E-state index in [9.17, 15) is 0 Å². The van der Waals surface area contributed by atoms with Crippen molar-refractivity contribution in [2.75, 3.05) is 20.3 Å². The molecule has 3 nitrogen and oxygen atoms in total. The lowest BCUT2D eigenvalue weighted by atomic mass is 9.88. The van der Waals surface area contributed by atoms with E-state index in [0.717, 1.165) is 35.4 Å². The second-order valence-electron chi connectivity index (χ2n) is 6.71. The van der Waals surface area contributed by atoms with Crippen molar-refractivity contribution >= 4 is 15.9 Å². The molecule has 21 heavy (non-hydrogen) atoms. The first-order valence-electron chi connectivity index (χ1n) is 7.61. The van der Waals surface area contributed by atoms with Crippen LogP contribution in [-0.2, 0) is 4.74 Å². The fourth-order valence-corrected chi connectivity index (χ4v) is 3.14. The van der Waals surface area contributed by atoms with Gasteiger partial charge in [0.05, 0.1) is 13.2 Å². The van der Waals surface area contributed by atoms with Gasteiger partial charge in [-0.05, 0) is 51.8 Å². The number of benzene rings is 1. The average molecular weight is 356 g/mol. The molecule has 4 heteroatoms. The van der Waals surface area contributed by atoms with E-state index in [4.69, 9.17) is 9.47 Å². The Balaban J connectivity index is 2.20. The molecule has 0 amide bonds. The molecule has 1 aromatic carbocycles. The SMILES string of the molecule is COc1ccc(Br)cc1C1OCCCC1CNC(C)(C)C. The van der Waals surface area contributed by atoms with Gasteiger partial charge in [-0.15, -0.1) is 0 Å². The van der Waals surface area contributed by atoms with E-state index >= 15 is 0 Å². The molecule has 2 atom stereocenters. The van der Waals surface area contributed by atoms with E-state index in [1.807, 2.05) is 12.1 Å². The minimum atomic E-state index is 0.0982. The fourth-order valence-electron chi connectivity index (χ4n) is 2.76. The number of methoxy groups -OCH3 is 1. The van der Waals surface area contributed by atoms with E-state index in [2.05, 4.69) is 48.1 Å². The largest absolute Gasteiger partial charge is 0.496 e. The Hall–Kier alpha value is -0.580. The molecule has 0 saturated carbocycles. The van der Waals surface area contributed by atoms with Crippen molar-refractivity contribution in [1.82, 2.24) is 5.32 Å². The molecule has 1 aliphatic rings. The van der Waals surface area contributed by atoms with E-state index in [1.54, 1.807) is 7.11 Å². The minimum absolute atomic E-state index is 0.0982. The second-order valence-corrected chi connectivity index (χ2v) is 7.63. The van der Waals surface area contributed by atoms with Gasteiger partial charge in [0.15, 0.2) is 0 Å². The molecule has 1 N–H and O–H groups in total. The molecule has 0 radical (unpaired) electrons. The summed E-state index contributed by atoms with van der Waals surface area (Å²) in [6.45, 7) is 8.39. The number of halogens is 1.